The van der Waals surface area contributed by atoms with Gasteiger partial charge in [0.15, 0.2) is 15.0 Å². The molecule has 3 aromatic rings. The van der Waals surface area contributed by atoms with E-state index in [0.717, 1.165) is 10.6 Å². The van der Waals surface area contributed by atoms with Crippen molar-refractivity contribution < 1.29 is 13.2 Å². The molecule has 1 amide bonds. The van der Waals surface area contributed by atoms with Gasteiger partial charge in [0.2, 0.25) is 11.0 Å². The third-order valence-electron chi connectivity index (χ3n) is 4.22. The van der Waals surface area contributed by atoms with Crippen LogP contribution in [0.25, 0.3) is 0 Å². The molecular formula is C18H22N6O3S3. The van der Waals surface area contributed by atoms with Gasteiger partial charge in [-0.3, -0.25) is 10.1 Å². The number of nitrogens with zero attached hydrogens (tertiary/aromatic N) is 5. The fourth-order valence-electron chi connectivity index (χ4n) is 2.60. The zero-order valence-electron chi connectivity index (χ0n) is 17.0. The quantitative estimate of drug-likeness (QED) is 0.503. The number of hydrogen-bond donors (Lipinski definition) is 1. The molecule has 1 N–H and O–H groups in total. The number of hydrogen-bond acceptors (Lipinski definition) is 9. The molecule has 1 aromatic carbocycles. The maximum absolute atomic E-state index is 12.8. The smallest absolute Gasteiger partial charge is 0.239 e. The van der Waals surface area contributed by atoms with Gasteiger partial charge in [0.05, 0.1) is 10.1 Å². The summed E-state index contributed by atoms with van der Waals surface area (Å²) in [7, 11) is -3.56. The molecule has 12 heteroatoms. The first-order valence-corrected chi connectivity index (χ1v) is 12.5. The zero-order valence-corrected chi connectivity index (χ0v) is 19.4. The Morgan fingerprint density at radius 2 is 1.87 bits per heavy atom. The van der Waals surface area contributed by atoms with Gasteiger partial charge in [0.1, 0.15) is 16.6 Å². The minimum absolute atomic E-state index is 0.240. The van der Waals surface area contributed by atoms with Crippen LogP contribution < -0.4 is 5.32 Å². The molecule has 0 bridgehead atoms. The molecule has 0 aliphatic rings. The number of carbonyl (C=O) groups excluding carboxylic acids is 1. The van der Waals surface area contributed by atoms with Gasteiger partial charge in [0, 0.05) is 6.54 Å². The molecule has 3 rings (SSSR count). The fraction of sp³-hybridized carbons (Fsp3) is 0.389. The lowest BCUT2D eigenvalue weighted by Crippen LogP contribution is -2.23. The van der Waals surface area contributed by atoms with Crippen molar-refractivity contribution in [1.29, 1.82) is 0 Å². The van der Waals surface area contributed by atoms with Crippen LogP contribution in [0.15, 0.2) is 34.3 Å². The third kappa shape index (κ3) is 5.24. The summed E-state index contributed by atoms with van der Waals surface area (Å²) in [6, 6.07) is 6.71. The van der Waals surface area contributed by atoms with Crippen LogP contribution in [0.2, 0.25) is 0 Å². The third-order valence-corrected chi connectivity index (χ3v) is 7.68. The Morgan fingerprint density at radius 3 is 2.47 bits per heavy atom. The van der Waals surface area contributed by atoms with Crippen molar-refractivity contribution in [3.8, 4) is 0 Å². The highest BCUT2D eigenvalue weighted by Gasteiger charge is 2.24. The van der Waals surface area contributed by atoms with Crippen LogP contribution in [-0.2, 0) is 26.9 Å². The average molecular weight is 467 g/mol. The van der Waals surface area contributed by atoms with Crippen LogP contribution in [-0.4, -0.2) is 44.5 Å². The van der Waals surface area contributed by atoms with Crippen LogP contribution in [0.5, 0.6) is 0 Å². The van der Waals surface area contributed by atoms with Crippen LogP contribution in [0.1, 0.15) is 30.2 Å². The second-order valence-electron chi connectivity index (χ2n) is 6.59. The predicted octanol–water partition coefficient (Wildman–Crippen LogP) is 2.86. The molecule has 30 heavy (non-hydrogen) atoms. The molecule has 0 aliphatic heterocycles. The highest BCUT2D eigenvalue weighted by atomic mass is 32.2. The summed E-state index contributed by atoms with van der Waals surface area (Å²) in [6.45, 7) is 7.81. The van der Waals surface area contributed by atoms with Gasteiger partial charge in [0.25, 0.3) is 0 Å². The second kappa shape index (κ2) is 9.23. The molecule has 0 radical (unpaired) electrons. The lowest BCUT2D eigenvalue weighted by Gasteiger charge is -2.11. The zero-order chi connectivity index (χ0) is 21.9. The van der Waals surface area contributed by atoms with Gasteiger partial charge in [-0.15, -0.1) is 20.4 Å². The minimum Gasteiger partial charge on any atom is -0.305 e. The maximum atomic E-state index is 12.8. The van der Waals surface area contributed by atoms with Gasteiger partial charge in [-0.05, 0) is 39.8 Å². The molecule has 2 aromatic heterocycles. The molecular weight excluding hydrogens is 444 g/mol. The van der Waals surface area contributed by atoms with Crippen molar-refractivity contribution in [3.63, 3.8) is 0 Å². The van der Waals surface area contributed by atoms with Gasteiger partial charge in [-0.25, -0.2) is 8.42 Å². The first-order valence-electron chi connectivity index (χ1n) is 9.18. The minimum atomic E-state index is -3.56. The van der Waals surface area contributed by atoms with Gasteiger partial charge in [-0.2, -0.15) is 0 Å². The number of amides is 1. The molecule has 1 unspecified atom stereocenters. The van der Waals surface area contributed by atoms with E-state index in [4.69, 9.17) is 0 Å². The summed E-state index contributed by atoms with van der Waals surface area (Å²) in [5.74, 6) is -0.161. The van der Waals surface area contributed by atoms with E-state index in [1.807, 2.05) is 13.8 Å². The number of sulfone groups is 1. The summed E-state index contributed by atoms with van der Waals surface area (Å²) in [4.78, 5) is 12.7. The Hall–Kier alpha value is -2.31. The van der Waals surface area contributed by atoms with Gasteiger partial charge >= 0.3 is 0 Å². The molecule has 2 heterocycles. The Morgan fingerprint density at radius 1 is 1.17 bits per heavy atom. The molecule has 0 spiro atoms. The monoisotopic (exact) mass is 466 g/mol. The van der Waals surface area contributed by atoms with Crippen LogP contribution in [0.4, 0.5) is 5.13 Å². The molecule has 1 atom stereocenters. The van der Waals surface area contributed by atoms with E-state index >= 15 is 0 Å². The van der Waals surface area contributed by atoms with E-state index < -0.39 is 15.1 Å². The van der Waals surface area contributed by atoms with E-state index in [-0.39, 0.29) is 16.6 Å². The highest BCUT2D eigenvalue weighted by molar-refractivity contribution is 8.00. The summed E-state index contributed by atoms with van der Waals surface area (Å²) in [5, 5.41) is 19.9. The molecule has 0 saturated carbocycles. The number of rotatable bonds is 8. The summed E-state index contributed by atoms with van der Waals surface area (Å²) in [6.07, 6.45) is 0. The van der Waals surface area contributed by atoms with E-state index in [0.29, 0.717) is 22.7 Å². The molecule has 0 saturated heterocycles. The number of thioether (sulfide) groups is 1. The van der Waals surface area contributed by atoms with Crippen molar-refractivity contribution in [3.05, 3.63) is 40.7 Å². The lowest BCUT2D eigenvalue weighted by atomic mass is 10.2. The normalized spacial score (nSPS) is 12.7. The van der Waals surface area contributed by atoms with Crippen LogP contribution >= 0.6 is 23.1 Å². The number of nitrogens with one attached hydrogen (secondary N) is 1. The Balaban J connectivity index is 1.73. The highest BCUT2D eigenvalue weighted by Crippen LogP contribution is 2.25. The van der Waals surface area contributed by atoms with Crippen molar-refractivity contribution in [1.82, 2.24) is 25.0 Å². The van der Waals surface area contributed by atoms with Crippen molar-refractivity contribution >= 4 is 44.0 Å². The molecule has 0 aliphatic carbocycles. The molecule has 0 fully saturated rings. The number of benzene rings is 1. The van der Waals surface area contributed by atoms with Crippen molar-refractivity contribution in [2.24, 2.45) is 0 Å². The maximum Gasteiger partial charge on any atom is 0.239 e. The summed E-state index contributed by atoms with van der Waals surface area (Å²) in [5.41, 5.74) is 0.986. The number of aryl methyl sites for hydroxylation is 2. The van der Waals surface area contributed by atoms with Gasteiger partial charge < -0.3 is 4.57 Å². The van der Waals surface area contributed by atoms with Crippen LogP contribution in [0, 0.1) is 13.8 Å². The van der Waals surface area contributed by atoms with E-state index in [2.05, 4.69) is 25.7 Å². The number of carbonyl (C=O) groups is 1. The summed E-state index contributed by atoms with van der Waals surface area (Å²) < 4.78 is 27.2. The number of anilines is 1. The molecule has 160 valence electrons. The standard InChI is InChI=1S/C18H22N6O3S3/c1-5-24-15(10-30(26,27)14-8-6-11(2)7-9-14)21-23-18(24)28-12(3)16(25)19-17-22-20-13(4)29-17/h6-9,12H,5,10H2,1-4H3,(H,19,22,25). The van der Waals surface area contributed by atoms with Crippen molar-refractivity contribution in [2.45, 2.75) is 55.3 Å². The van der Waals surface area contributed by atoms with E-state index in [1.165, 1.54) is 23.1 Å². The predicted molar refractivity (Wildman–Crippen MR) is 116 cm³/mol. The Labute approximate surface area is 183 Å². The largest absolute Gasteiger partial charge is 0.305 e. The van der Waals surface area contributed by atoms with Crippen LogP contribution in [0.3, 0.4) is 0 Å². The fourth-order valence-corrected chi connectivity index (χ4v) is 5.39. The Bertz CT molecular complexity index is 1140. The topological polar surface area (TPSA) is 120 Å². The number of aromatic nitrogens is 5. The van der Waals surface area contributed by atoms with Gasteiger partial charge in [-0.1, -0.05) is 40.8 Å². The summed E-state index contributed by atoms with van der Waals surface area (Å²) >= 11 is 2.51. The van der Waals surface area contributed by atoms with E-state index in [1.54, 1.807) is 42.7 Å². The van der Waals surface area contributed by atoms with E-state index in [9.17, 15) is 13.2 Å². The first-order chi connectivity index (χ1) is 14.2. The first kappa shape index (κ1) is 22.4. The molecule has 9 nitrogen and oxygen atoms in total. The SMILES string of the molecule is CCn1c(CS(=O)(=O)c2ccc(C)cc2)nnc1SC(C)C(=O)Nc1nnc(C)s1. The lowest BCUT2D eigenvalue weighted by molar-refractivity contribution is -0.115. The second-order valence-corrected chi connectivity index (χ2v) is 11.1. The van der Waals surface area contributed by atoms with Crippen molar-refractivity contribution in [2.75, 3.05) is 5.32 Å². The Kier molecular flexibility index (Phi) is 6.88. The average Bonchev–Trinajstić information content (AvgIpc) is 3.27.